The lowest BCUT2D eigenvalue weighted by atomic mass is 9.73. The van der Waals surface area contributed by atoms with Gasteiger partial charge in [-0.3, -0.25) is 20.0 Å². The Morgan fingerprint density at radius 3 is 0.948 bits per heavy atom. The molecule has 1 aliphatic rings. The fourth-order valence-corrected chi connectivity index (χ4v) is 7.40. The summed E-state index contributed by atoms with van der Waals surface area (Å²) in [4.78, 5) is 29.2. The maximum absolute atomic E-state index is 4.84. The van der Waals surface area contributed by atoms with Crippen LogP contribution in [0.4, 0.5) is 22.7 Å². The van der Waals surface area contributed by atoms with E-state index in [4.69, 9.17) is 20.0 Å². The standard InChI is InChI=1S/C51H47N7/c1-34-5-9-38(29-34)30-52-43-21-10-39(11-22-43)50(40-12-23-44(24-13-40)53-31-47-18-6-35(2)56-47)51(41-14-25-45(26-15-41)54-32-48-19-7-36(3)57-48)42-16-27-46(28-17-42)55-33-49-20-8-37(4)58-49/h5-28,30-33,50-51,56-58H,29H2,1-4H3. The molecule has 0 amide bonds. The molecule has 7 nitrogen and oxygen atoms in total. The lowest BCUT2D eigenvalue weighted by Crippen LogP contribution is -2.14. The normalized spacial score (nSPS) is 14.3. The number of allylic oxidation sites excluding steroid dienone is 4. The molecule has 0 saturated heterocycles. The molecule has 3 heterocycles. The molecule has 0 fully saturated rings. The molecule has 8 rings (SSSR count). The largest absolute Gasteiger partial charge is 0.358 e. The zero-order valence-corrected chi connectivity index (χ0v) is 33.3. The molecule has 3 aromatic heterocycles. The number of nitrogens with one attached hydrogen (secondary N) is 3. The van der Waals surface area contributed by atoms with Crippen molar-refractivity contribution in [2.24, 2.45) is 20.0 Å². The van der Waals surface area contributed by atoms with Gasteiger partial charge in [0.05, 0.1) is 58.5 Å². The Hall–Kier alpha value is -7.12. The predicted octanol–water partition coefficient (Wildman–Crippen LogP) is 12.8. The third kappa shape index (κ3) is 9.45. The number of hydrogen-bond acceptors (Lipinski definition) is 4. The first-order valence-electron chi connectivity index (χ1n) is 19.7. The molecule has 0 bridgehead atoms. The molecule has 1 unspecified atom stereocenters. The van der Waals surface area contributed by atoms with Crippen LogP contribution in [-0.2, 0) is 0 Å². The second kappa shape index (κ2) is 17.3. The highest BCUT2D eigenvalue weighted by molar-refractivity contribution is 5.83. The number of rotatable bonds is 13. The second-order valence-electron chi connectivity index (χ2n) is 15.1. The van der Waals surface area contributed by atoms with Crippen LogP contribution >= 0.6 is 0 Å². The molecule has 0 radical (unpaired) electrons. The van der Waals surface area contributed by atoms with Crippen molar-refractivity contribution in [3.05, 3.63) is 213 Å². The molecular formula is C51H47N7. The van der Waals surface area contributed by atoms with E-state index in [-0.39, 0.29) is 11.8 Å². The van der Waals surface area contributed by atoms with Crippen LogP contribution in [0.15, 0.2) is 177 Å². The van der Waals surface area contributed by atoms with Crippen molar-refractivity contribution in [2.75, 3.05) is 0 Å². The highest BCUT2D eigenvalue weighted by atomic mass is 14.8. The molecule has 0 spiro atoms. The van der Waals surface area contributed by atoms with Gasteiger partial charge < -0.3 is 15.0 Å². The molecule has 4 aromatic carbocycles. The van der Waals surface area contributed by atoms with Gasteiger partial charge in [-0.25, -0.2) is 0 Å². The fraction of sp³-hybridized carbons (Fsp3) is 0.137. The highest BCUT2D eigenvalue weighted by Crippen LogP contribution is 2.44. The van der Waals surface area contributed by atoms with Crippen LogP contribution in [0.5, 0.6) is 0 Å². The van der Waals surface area contributed by atoms with E-state index < -0.39 is 0 Å². The summed E-state index contributed by atoms with van der Waals surface area (Å²) < 4.78 is 0. The molecule has 7 aromatic rings. The Bertz CT molecular complexity index is 2560. The Kier molecular flexibility index (Phi) is 11.3. The monoisotopic (exact) mass is 757 g/mol. The van der Waals surface area contributed by atoms with E-state index in [1.54, 1.807) is 0 Å². The van der Waals surface area contributed by atoms with Gasteiger partial charge in [0, 0.05) is 35.1 Å². The van der Waals surface area contributed by atoms with Crippen molar-refractivity contribution >= 4 is 47.6 Å². The van der Waals surface area contributed by atoms with Crippen molar-refractivity contribution in [3.63, 3.8) is 0 Å². The maximum Gasteiger partial charge on any atom is 0.0630 e. The van der Waals surface area contributed by atoms with E-state index in [0.29, 0.717) is 0 Å². The quantitative estimate of drug-likeness (QED) is 0.0977. The van der Waals surface area contributed by atoms with Crippen LogP contribution in [0, 0.1) is 20.8 Å². The number of nitrogens with zero attached hydrogens (tertiary/aromatic N) is 4. The summed E-state index contributed by atoms with van der Waals surface area (Å²) in [6.45, 7) is 8.29. The molecular weight excluding hydrogens is 711 g/mol. The van der Waals surface area contributed by atoms with E-state index in [9.17, 15) is 0 Å². The molecule has 1 atom stereocenters. The summed E-state index contributed by atoms with van der Waals surface area (Å²) in [5.74, 6) is -0.0875. The summed E-state index contributed by atoms with van der Waals surface area (Å²) in [5.41, 5.74) is 17.1. The number of H-pyrrole nitrogens is 3. The molecule has 0 saturated carbocycles. The minimum Gasteiger partial charge on any atom is -0.358 e. The van der Waals surface area contributed by atoms with E-state index >= 15 is 0 Å². The number of hydrogen-bond donors (Lipinski definition) is 3. The topological polar surface area (TPSA) is 96.8 Å². The number of aryl methyl sites for hydroxylation is 3. The fourth-order valence-electron chi connectivity index (χ4n) is 7.40. The number of aromatic amines is 3. The zero-order chi connectivity index (χ0) is 39.8. The van der Waals surface area contributed by atoms with Crippen molar-refractivity contribution < 1.29 is 0 Å². The SMILES string of the molecule is CC1=CC=C(C=Nc2ccc(C(c3ccc(N=Cc4ccc(C)[nH]4)cc3)C(c3ccc(N=Cc4ccc(C)[nH]4)cc3)c3ccc(N=Cc4ccc(C)[nH]4)cc3)cc2)C1. The summed E-state index contributed by atoms with van der Waals surface area (Å²) in [6, 6.07) is 46.9. The number of benzene rings is 4. The summed E-state index contributed by atoms with van der Waals surface area (Å²) in [6.07, 6.45) is 12.9. The Morgan fingerprint density at radius 1 is 0.379 bits per heavy atom. The van der Waals surface area contributed by atoms with Crippen molar-refractivity contribution in [2.45, 2.75) is 46.0 Å². The van der Waals surface area contributed by atoms with Gasteiger partial charge in [-0.2, -0.15) is 0 Å². The second-order valence-corrected chi connectivity index (χ2v) is 15.1. The minimum atomic E-state index is -0.0449. The Labute approximate surface area is 340 Å². The lowest BCUT2D eigenvalue weighted by molar-refractivity contribution is 0.694. The average Bonchev–Trinajstić information content (AvgIpc) is 4.07. The van der Waals surface area contributed by atoms with Crippen LogP contribution in [0.2, 0.25) is 0 Å². The minimum absolute atomic E-state index is 0.0426. The zero-order valence-electron chi connectivity index (χ0n) is 33.3. The molecule has 7 heteroatoms. The first-order chi connectivity index (χ1) is 28.3. The number of aromatic nitrogens is 3. The summed E-state index contributed by atoms with van der Waals surface area (Å²) in [7, 11) is 0. The van der Waals surface area contributed by atoms with Gasteiger partial charge >= 0.3 is 0 Å². The van der Waals surface area contributed by atoms with E-state index in [0.717, 1.165) is 63.3 Å². The number of aliphatic imine (C=N–C) groups is 4. The van der Waals surface area contributed by atoms with Gasteiger partial charge in [-0.1, -0.05) is 66.3 Å². The average molecular weight is 758 g/mol. The van der Waals surface area contributed by atoms with Gasteiger partial charge in [0.1, 0.15) is 0 Å². The summed E-state index contributed by atoms with van der Waals surface area (Å²) in [5, 5.41) is 0. The van der Waals surface area contributed by atoms with Gasteiger partial charge in [0.2, 0.25) is 0 Å². The van der Waals surface area contributed by atoms with Crippen molar-refractivity contribution in [3.8, 4) is 0 Å². The predicted molar refractivity (Wildman–Crippen MR) is 242 cm³/mol. The lowest BCUT2D eigenvalue weighted by Gasteiger charge is -2.30. The third-order valence-electron chi connectivity index (χ3n) is 10.4. The van der Waals surface area contributed by atoms with Gasteiger partial charge in [-0.15, -0.1) is 0 Å². The molecule has 1 aliphatic carbocycles. The molecule has 3 N–H and O–H groups in total. The van der Waals surface area contributed by atoms with Gasteiger partial charge in [0.25, 0.3) is 0 Å². The third-order valence-corrected chi connectivity index (χ3v) is 10.4. The van der Waals surface area contributed by atoms with Gasteiger partial charge in [-0.05, 0) is 147 Å². The van der Waals surface area contributed by atoms with Crippen LogP contribution in [-0.4, -0.2) is 39.8 Å². The first kappa shape index (κ1) is 37.8. The van der Waals surface area contributed by atoms with Crippen LogP contribution in [0.25, 0.3) is 0 Å². The molecule has 286 valence electrons. The van der Waals surface area contributed by atoms with E-state index in [1.807, 2.05) is 63.8 Å². The maximum atomic E-state index is 4.84. The highest BCUT2D eigenvalue weighted by Gasteiger charge is 2.28. The smallest absolute Gasteiger partial charge is 0.0630 e. The van der Waals surface area contributed by atoms with Crippen molar-refractivity contribution in [1.82, 2.24) is 15.0 Å². The van der Waals surface area contributed by atoms with Crippen LogP contribution < -0.4 is 0 Å². The molecule has 0 aliphatic heterocycles. The van der Waals surface area contributed by atoms with E-state index in [2.05, 4.69) is 149 Å². The molecule has 58 heavy (non-hydrogen) atoms. The van der Waals surface area contributed by atoms with Crippen molar-refractivity contribution in [1.29, 1.82) is 0 Å². The van der Waals surface area contributed by atoms with E-state index in [1.165, 1.54) is 33.4 Å². The van der Waals surface area contributed by atoms with Crippen LogP contribution in [0.3, 0.4) is 0 Å². The first-order valence-corrected chi connectivity index (χ1v) is 19.7. The summed E-state index contributed by atoms with van der Waals surface area (Å²) >= 11 is 0. The van der Waals surface area contributed by atoms with Gasteiger partial charge in [0.15, 0.2) is 0 Å². The Morgan fingerprint density at radius 2 is 0.690 bits per heavy atom. The van der Waals surface area contributed by atoms with Crippen LogP contribution in [0.1, 0.15) is 81.6 Å². The Balaban J connectivity index is 1.18.